The number of anilines is 1. The molecule has 0 saturated carbocycles. The van der Waals surface area contributed by atoms with E-state index in [1.807, 2.05) is 6.92 Å². The molecular weight excluding hydrogens is 226 g/mol. The smallest absolute Gasteiger partial charge is 0.326 e. The molecule has 0 radical (unpaired) electrons. The second-order valence-electron chi connectivity index (χ2n) is 3.49. The predicted octanol–water partition coefficient (Wildman–Crippen LogP) is 0.190. The molecule has 8 nitrogen and oxygen atoms in total. The summed E-state index contributed by atoms with van der Waals surface area (Å²) in [6, 6.07) is -1.50. The minimum Gasteiger partial charge on any atom is -0.480 e. The highest BCUT2D eigenvalue weighted by atomic mass is 16.4. The summed E-state index contributed by atoms with van der Waals surface area (Å²) in [6.45, 7) is 1.85. The summed E-state index contributed by atoms with van der Waals surface area (Å²) in [7, 11) is 1.61. The van der Waals surface area contributed by atoms with Crippen LogP contribution in [0.1, 0.15) is 19.8 Å². The van der Waals surface area contributed by atoms with Crippen LogP contribution in [0, 0.1) is 0 Å². The van der Waals surface area contributed by atoms with Crippen molar-refractivity contribution < 1.29 is 14.7 Å². The van der Waals surface area contributed by atoms with E-state index in [0.717, 1.165) is 0 Å². The van der Waals surface area contributed by atoms with Crippen molar-refractivity contribution >= 4 is 17.9 Å². The largest absolute Gasteiger partial charge is 0.480 e. The fourth-order valence-electron chi connectivity index (χ4n) is 1.25. The van der Waals surface area contributed by atoms with Crippen LogP contribution >= 0.6 is 0 Å². The van der Waals surface area contributed by atoms with Crippen LogP contribution in [0.3, 0.4) is 0 Å². The third-order valence-corrected chi connectivity index (χ3v) is 2.12. The molecule has 1 heterocycles. The number of nitrogens with one attached hydrogen (secondary N) is 2. The number of aryl methyl sites for hydroxylation is 1. The molecule has 0 aliphatic heterocycles. The average Bonchev–Trinajstić information content (AvgIpc) is 2.63. The van der Waals surface area contributed by atoms with Crippen molar-refractivity contribution in [2.75, 3.05) is 5.32 Å². The van der Waals surface area contributed by atoms with Crippen LogP contribution in [-0.4, -0.2) is 37.9 Å². The fourth-order valence-corrected chi connectivity index (χ4v) is 1.25. The Balaban J connectivity index is 2.53. The Morgan fingerprint density at radius 1 is 1.59 bits per heavy atom. The van der Waals surface area contributed by atoms with Gasteiger partial charge in [0.05, 0.1) is 0 Å². The number of carbonyl (C=O) groups is 2. The van der Waals surface area contributed by atoms with Gasteiger partial charge in [-0.3, -0.25) is 5.32 Å². The molecule has 2 amide bonds. The van der Waals surface area contributed by atoms with E-state index in [2.05, 4.69) is 20.7 Å². The minimum absolute atomic E-state index is 0.253. The van der Waals surface area contributed by atoms with Crippen molar-refractivity contribution in [2.24, 2.45) is 7.05 Å². The fraction of sp³-hybridized carbons (Fsp3) is 0.556. The number of aliphatic carboxylic acids is 1. The van der Waals surface area contributed by atoms with Crippen LogP contribution in [0.5, 0.6) is 0 Å². The molecule has 0 aromatic carbocycles. The van der Waals surface area contributed by atoms with E-state index in [4.69, 9.17) is 5.11 Å². The molecule has 0 unspecified atom stereocenters. The molecule has 1 atom stereocenters. The van der Waals surface area contributed by atoms with Gasteiger partial charge in [-0.05, 0) is 6.42 Å². The van der Waals surface area contributed by atoms with Gasteiger partial charge >= 0.3 is 12.0 Å². The normalized spacial score (nSPS) is 11.9. The van der Waals surface area contributed by atoms with Crippen LogP contribution in [0.4, 0.5) is 10.7 Å². The molecule has 0 fully saturated rings. The van der Waals surface area contributed by atoms with Gasteiger partial charge in [0.15, 0.2) is 0 Å². The van der Waals surface area contributed by atoms with Gasteiger partial charge in [0.2, 0.25) is 5.95 Å². The second kappa shape index (κ2) is 5.83. The monoisotopic (exact) mass is 241 g/mol. The van der Waals surface area contributed by atoms with Crippen molar-refractivity contribution in [3.05, 3.63) is 6.33 Å². The Morgan fingerprint density at radius 3 is 2.76 bits per heavy atom. The summed E-state index contributed by atoms with van der Waals surface area (Å²) in [4.78, 5) is 26.1. The molecule has 0 bridgehead atoms. The van der Waals surface area contributed by atoms with Crippen LogP contribution in [0.25, 0.3) is 0 Å². The molecule has 0 aliphatic carbocycles. The first-order chi connectivity index (χ1) is 8.04. The number of aromatic nitrogens is 3. The summed E-state index contributed by atoms with van der Waals surface area (Å²) in [5.41, 5.74) is 0. The van der Waals surface area contributed by atoms with Gasteiger partial charge in [-0.15, -0.1) is 0 Å². The Kier molecular flexibility index (Phi) is 4.44. The molecule has 3 N–H and O–H groups in total. The maximum atomic E-state index is 11.5. The average molecular weight is 241 g/mol. The third-order valence-electron chi connectivity index (χ3n) is 2.12. The van der Waals surface area contributed by atoms with Gasteiger partial charge in [-0.25, -0.2) is 14.3 Å². The molecular formula is C9H15N5O3. The number of rotatable bonds is 5. The van der Waals surface area contributed by atoms with E-state index in [-0.39, 0.29) is 5.95 Å². The lowest BCUT2D eigenvalue weighted by Gasteiger charge is -2.13. The Bertz CT molecular complexity index is 403. The molecule has 94 valence electrons. The van der Waals surface area contributed by atoms with E-state index in [1.54, 1.807) is 7.05 Å². The van der Waals surface area contributed by atoms with Crippen molar-refractivity contribution in [3.63, 3.8) is 0 Å². The highest BCUT2D eigenvalue weighted by Crippen LogP contribution is 2.00. The first-order valence-corrected chi connectivity index (χ1v) is 5.19. The summed E-state index contributed by atoms with van der Waals surface area (Å²) in [6.07, 6.45) is 2.33. The summed E-state index contributed by atoms with van der Waals surface area (Å²) in [5, 5.41) is 17.4. The van der Waals surface area contributed by atoms with E-state index in [9.17, 15) is 9.59 Å². The summed E-state index contributed by atoms with van der Waals surface area (Å²) >= 11 is 0. The summed E-state index contributed by atoms with van der Waals surface area (Å²) < 4.78 is 1.37. The van der Waals surface area contributed by atoms with Crippen molar-refractivity contribution in [1.29, 1.82) is 0 Å². The lowest BCUT2D eigenvalue weighted by molar-refractivity contribution is -0.139. The standard InChI is InChI=1S/C9H15N5O3/c1-3-4-6(7(15)16)12-9(17)13-8-10-5-11-14(8)2/h5-6H,3-4H2,1-2H3,(H,15,16)(H2,10,11,12,13,17)/t6-/m1/s1. The summed E-state index contributed by atoms with van der Waals surface area (Å²) in [5.74, 6) is -0.803. The van der Waals surface area contributed by atoms with Crippen molar-refractivity contribution in [2.45, 2.75) is 25.8 Å². The van der Waals surface area contributed by atoms with Crippen molar-refractivity contribution in [3.8, 4) is 0 Å². The van der Waals surface area contributed by atoms with Gasteiger partial charge < -0.3 is 10.4 Å². The number of urea groups is 1. The molecule has 17 heavy (non-hydrogen) atoms. The molecule has 0 spiro atoms. The molecule has 1 rings (SSSR count). The topological polar surface area (TPSA) is 109 Å². The minimum atomic E-state index is -1.06. The van der Waals surface area contributed by atoms with Gasteiger partial charge in [0, 0.05) is 7.05 Å². The number of hydrogen-bond acceptors (Lipinski definition) is 4. The van der Waals surface area contributed by atoms with Gasteiger partial charge in [0.1, 0.15) is 12.4 Å². The van der Waals surface area contributed by atoms with E-state index in [0.29, 0.717) is 12.8 Å². The number of carboxylic acid groups (broad SMARTS) is 1. The van der Waals surface area contributed by atoms with Crippen LogP contribution in [0.2, 0.25) is 0 Å². The number of carboxylic acids is 1. The van der Waals surface area contributed by atoms with E-state index in [1.165, 1.54) is 11.0 Å². The zero-order chi connectivity index (χ0) is 12.8. The lowest BCUT2D eigenvalue weighted by Crippen LogP contribution is -2.43. The quantitative estimate of drug-likeness (QED) is 0.681. The van der Waals surface area contributed by atoms with Crippen LogP contribution in [0.15, 0.2) is 6.33 Å². The predicted molar refractivity (Wildman–Crippen MR) is 59.5 cm³/mol. The van der Waals surface area contributed by atoms with Crippen molar-refractivity contribution in [1.82, 2.24) is 20.1 Å². The Labute approximate surface area is 98.0 Å². The Morgan fingerprint density at radius 2 is 2.29 bits per heavy atom. The zero-order valence-corrected chi connectivity index (χ0v) is 9.67. The highest BCUT2D eigenvalue weighted by Gasteiger charge is 2.19. The molecule has 0 aliphatic rings. The second-order valence-corrected chi connectivity index (χ2v) is 3.49. The first-order valence-electron chi connectivity index (χ1n) is 5.19. The van der Waals surface area contributed by atoms with E-state index < -0.39 is 18.0 Å². The highest BCUT2D eigenvalue weighted by molar-refractivity contribution is 5.90. The maximum absolute atomic E-state index is 11.5. The number of hydrogen-bond donors (Lipinski definition) is 3. The third kappa shape index (κ3) is 3.74. The Hall–Kier alpha value is -2.12. The molecule has 8 heteroatoms. The van der Waals surface area contributed by atoms with Crippen LogP contribution < -0.4 is 10.6 Å². The van der Waals surface area contributed by atoms with Gasteiger partial charge in [0.25, 0.3) is 0 Å². The van der Waals surface area contributed by atoms with Gasteiger partial charge in [-0.1, -0.05) is 13.3 Å². The zero-order valence-electron chi connectivity index (χ0n) is 9.67. The molecule has 1 aromatic rings. The maximum Gasteiger partial charge on any atom is 0.326 e. The number of carbonyl (C=O) groups excluding carboxylic acids is 1. The van der Waals surface area contributed by atoms with E-state index >= 15 is 0 Å². The lowest BCUT2D eigenvalue weighted by atomic mass is 10.2. The SMILES string of the molecule is CCC[C@@H](NC(=O)Nc1ncnn1C)C(=O)O. The molecule has 0 saturated heterocycles. The number of amides is 2. The van der Waals surface area contributed by atoms with Gasteiger partial charge in [-0.2, -0.15) is 10.1 Å². The van der Waals surface area contributed by atoms with Crippen LogP contribution in [-0.2, 0) is 11.8 Å². The number of nitrogens with zero attached hydrogens (tertiary/aromatic N) is 3. The molecule has 1 aromatic heterocycles. The first kappa shape index (κ1) is 12.9.